The standard InChI is InChI=1S/C16H12ClFN6O3/c17-14-4-1-9(6-20-14)22-15(25)12-3-2-10(5-13(12)18)24-8-11(7-21-23-19)27-16(24)26/h1-6,11H,7-8H2,(H,22,25)/t11-/m1/s1. The lowest BCUT2D eigenvalue weighted by atomic mass is 10.1. The first-order valence-electron chi connectivity index (χ1n) is 7.69. The number of ether oxygens (including phenoxy) is 1. The van der Waals surface area contributed by atoms with Crippen LogP contribution in [0.4, 0.5) is 20.6 Å². The molecule has 1 fully saturated rings. The number of carbonyl (C=O) groups is 2. The average Bonchev–Trinajstić information content (AvgIpc) is 3.02. The van der Waals surface area contributed by atoms with E-state index < -0.39 is 23.9 Å². The fourth-order valence-corrected chi connectivity index (χ4v) is 2.57. The number of nitrogens with zero attached hydrogens (tertiary/aromatic N) is 5. The molecule has 2 aromatic rings. The van der Waals surface area contributed by atoms with Crippen molar-refractivity contribution >= 4 is 35.0 Å². The molecule has 2 amide bonds. The quantitative estimate of drug-likeness (QED) is 0.361. The fraction of sp³-hybridized carbons (Fsp3) is 0.188. The summed E-state index contributed by atoms with van der Waals surface area (Å²) in [4.78, 5) is 31.7. The van der Waals surface area contributed by atoms with Gasteiger partial charge in [0.15, 0.2) is 0 Å². The number of hydrogen-bond acceptors (Lipinski definition) is 5. The minimum Gasteiger partial charge on any atom is -0.444 e. The van der Waals surface area contributed by atoms with Crippen LogP contribution in [0.25, 0.3) is 10.4 Å². The number of nitrogens with one attached hydrogen (secondary N) is 1. The van der Waals surface area contributed by atoms with E-state index in [9.17, 15) is 14.0 Å². The van der Waals surface area contributed by atoms with Crippen LogP contribution < -0.4 is 10.2 Å². The molecule has 138 valence electrons. The topological polar surface area (TPSA) is 120 Å². The fourth-order valence-electron chi connectivity index (χ4n) is 2.46. The van der Waals surface area contributed by atoms with Gasteiger partial charge in [-0.1, -0.05) is 16.7 Å². The van der Waals surface area contributed by atoms with Crippen molar-refractivity contribution in [2.24, 2.45) is 5.11 Å². The maximum atomic E-state index is 14.4. The molecule has 1 atom stereocenters. The van der Waals surface area contributed by atoms with Crippen molar-refractivity contribution in [1.82, 2.24) is 4.98 Å². The molecule has 0 bridgehead atoms. The second kappa shape index (κ2) is 7.90. The Morgan fingerprint density at radius 2 is 2.30 bits per heavy atom. The highest BCUT2D eigenvalue weighted by molar-refractivity contribution is 6.29. The third kappa shape index (κ3) is 4.25. The van der Waals surface area contributed by atoms with Gasteiger partial charge in [0.2, 0.25) is 0 Å². The Morgan fingerprint density at radius 1 is 1.48 bits per heavy atom. The molecule has 3 rings (SSSR count). The maximum absolute atomic E-state index is 14.4. The summed E-state index contributed by atoms with van der Waals surface area (Å²) in [6, 6.07) is 6.77. The lowest BCUT2D eigenvalue weighted by Crippen LogP contribution is -2.25. The first-order chi connectivity index (χ1) is 13.0. The summed E-state index contributed by atoms with van der Waals surface area (Å²) in [5, 5.41) is 6.12. The molecule has 0 spiro atoms. The van der Waals surface area contributed by atoms with E-state index in [1.54, 1.807) is 0 Å². The molecule has 0 aliphatic carbocycles. The lowest BCUT2D eigenvalue weighted by molar-refractivity contribution is 0.102. The number of rotatable bonds is 5. The maximum Gasteiger partial charge on any atom is 0.414 e. The Bertz CT molecular complexity index is 932. The monoisotopic (exact) mass is 390 g/mol. The molecule has 1 aromatic heterocycles. The van der Waals surface area contributed by atoms with Crippen molar-refractivity contribution in [2.45, 2.75) is 6.10 Å². The molecule has 1 aliphatic heterocycles. The van der Waals surface area contributed by atoms with Crippen molar-refractivity contribution in [3.8, 4) is 0 Å². The van der Waals surface area contributed by atoms with Crippen LogP contribution in [-0.4, -0.2) is 36.2 Å². The summed E-state index contributed by atoms with van der Waals surface area (Å²) in [5.74, 6) is -1.48. The van der Waals surface area contributed by atoms with Crippen molar-refractivity contribution < 1.29 is 18.7 Å². The van der Waals surface area contributed by atoms with E-state index in [2.05, 4.69) is 20.3 Å². The van der Waals surface area contributed by atoms with Crippen LogP contribution in [0.3, 0.4) is 0 Å². The van der Waals surface area contributed by atoms with Crippen LogP contribution in [0.5, 0.6) is 0 Å². The van der Waals surface area contributed by atoms with Crippen LogP contribution in [0, 0.1) is 5.82 Å². The van der Waals surface area contributed by atoms with Crippen LogP contribution in [-0.2, 0) is 4.74 Å². The summed E-state index contributed by atoms with van der Waals surface area (Å²) < 4.78 is 19.4. The number of amides is 2. The summed E-state index contributed by atoms with van der Waals surface area (Å²) in [7, 11) is 0. The SMILES string of the molecule is [N-]=[N+]=NC[C@@H]1CN(c2ccc(C(=O)Nc3ccc(Cl)nc3)c(F)c2)C(=O)O1. The van der Waals surface area contributed by atoms with Gasteiger partial charge in [-0.2, -0.15) is 0 Å². The number of pyridine rings is 1. The van der Waals surface area contributed by atoms with Crippen LogP contribution in [0.15, 0.2) is 41.6 Å². The Balaban J connectivity index is 1.73. The first kappa shape index (κ1) is 18.4. The molecule has 9 nitrogen and oxygen atoms in total. The molecule has 0 unspecified atom stereocenters. The van der Waals surface area contributed by atoms with Gasteiger partial charge in [-0.05, 0) is 35.9 Å². The lowest BCUT2D eigenvalue weighted by Gasteiger charge is -2.14. The predicted octanol–water partition coefficient (Wildman–Crippen LogP) is 3.76. The molecule has 1 saturated heterocycles. The molecule has 0 saturated carbocycles. The number of aromatic nitrogens is 1. The zero-order valence-corrected chi connectivity index (χ0v) is 14.4. The van der Waals surface area contributed by atoms with E-state index in [-0.39, 0.29) is 29.5 Å². The van der Waals surface area contributed by atoms with E-state index >= 15 is 0 Å². The second-order valence-corrected chi connectivity index (χ2v) is 5.90. The minimum atomic E-state index is -0.807. The van der Waals surface area contributed by atoms with Crippen molar-refractivity contribution in [2.75, 3.05) is 23.3 Å². The zero-order chi connectivity index (χ0) is 19.4. The van der Waals surface area contributed by atoms with E-state index in [1.165, 1.54) is 35.4 Å². The summed E-state index contributed by atoms with van der Waals surface area (Å²) in [6.07, 6.45) is 0.0465. The molecule has 1 N–H and O–H groups in total. The normalized spacial score (nSPS) is 15.9. The minimum absolute atomic E-state index is 0.0170. The van der Waals surface area contributed by atoms with Gasteiger partial charge >= 0.3 is 6.09 Å². The molecular formula is C16H12ClFN6O3. The van der Waals surface area contributed by atoms with Crippen LogP contribution in [0.2, 0.25) is 5.15 Å². The Hall–Kier alpha value is -3.36. The summed E-state index contributed by atoms with van der Waals surface area (Å²) in [5.41, 5.74) is 8.70. The molecule has 27 heavy (non-hydrogen) atoms. The summed E-state index contributed by atoms with van der Waals surface area (Å²) >= 11 is 5.67. The average molecular weight is 391 g/mol. The van der Waals surface area contributed by atoms with Crippen molar-refractivity contribution in [3.63, 3.8) is 0 Å². The van der Waals surface area contributed by atoms with Gasteiger partial charge in [-0.25, -0.2) is 14.2 Å². The Kier molecular flexibility index (Phi) is 5.39. The number of cyclic esters (lactones) is 1. The van der Waals surface area contributed by atoms with Crippen molar-refractivity contribution in [3.05, 3.63) is 63.5 Å². The molecule has 1 aliphatic rings. The van der Waals surface area contributed by atoms with Crippen LogP contribution in [0.1, 0.15) is 10.4 Å². The highest BCUT2D eigenvalue weighted by atomic mass is 35.5. The first-order valence-corrected chi connectivity index (χ1v) is 8.07. The third-order valence-electron chi connectivity index (χ3n) is 3.72. The van der Waals surface area contributed by atoms with Gasteiger partial charge in [-0.3, -0.25) is 9.69 Å². The number of benzene rings is 1. The largest absolute Gasteiger partial charge is 0.444 e. The molecular weight excluding hydrogens is 379 g/mol. The molecule has 0 radical (unpaired) electrons. The second-order valence-electron chi connectivity index (χ2n) is 5.52. The van der Waals surface area contributed by atoms with E-state index in [4.69, 9.17) is 21.9 Å². The molecule has 2 heterocycles. The zero-order valence-electron chi connectivity index (χ0n) is 13.7. The van der Waals surface area contributed by atoms with Gasteiger partial charge in [0, 0.05) is 4.91 Å². The van der Waals surface area contributed by atoms with Gasteiger partial charge in [0.1, 0.15) is 17.1 Å². The van der Waals surface area contributed by atoms with Gasteiger partial charge in [-0.15, -0.1) is 0 Å². The van der Waals surface area contributed by atoms with Crippen LogP contribution >= 0.6 is 11.6 Å². The highest BCUT2D eigenvalue weighted by Gasteiger charge is 2.32. The molecule has 11 heteroatoms. The van der Waals surface area contributed by atoms with E-state index in [0.29, 0.717) is 5.69 Å². The Labute approximate surface area is 157 Å². The number of halogens is 2. The number of hydrogen-bond donors (Lipinski definition) is 1. The van der Waals surface area contributed by atoms with Gasteiger partial charge in [0.05, 0.1) is 36.2 Å². The van der Waals surface area contributed by atoms with Gasteiger partial charge in [0.25, 0.3) is 5.91 Å². The summed E-state index contributed by atoms with van der Waals surface area (Å²) in [6.45, 7) is 0.0934. The third-order valence-corrected chi connectivity index (χ3v) is 3.94. The highest BCUT2D eigenvalue weighted by Crippen LogP contribution is 2.24. The van der Waals surface area contributed by atoms with E-state index in [1.807, 2.05) is 0 Å². The predicted molar refractivity (Wildman–Crippen MR) is 95.2 cm³/mol. The molecule has 1 aromatic carbocycles. The Morgan fingerprint density at radius 3 is 2.96 bits per heavy atom. The van der Waals surface area contributed by atoms with Gasteiger partial charge < -0.3 is 10.1 Å². The smallest absolute Gasteiger partial charge is 0.414 e. The number of anilines is 2. The number of carbonyl (C=O) groups excluding carboxylic acids is 2. The van der Waals surface area contributed by atoms with Crippen molar-refractivity contribution in [1.29, 1.82) is 0 Å². The van der Waals surface area contributed by atoms with E-state index in [0.717, 1.165) is 6.07 Å². The number of azide groups is 1.